The fourth-order valence-corrected chi connectivity index (χ4v) is 8.90. The van der Waals surface area contributed by atoms with E-state index >= 15 is 0 Å². The van der Waals surface area contributed by atoms with E-state index < -0.39 is 0 Å². The molecule has 0 N–H and O–H groups in total. The fraction of sp³-hybridized carbons (Fsp3) is 0.125. The van der Waals surface area contributed by atoms with Crippen LogP contribution in [-0.4, -0.2) is 0 Å². The summed E-state index contributed by atoms with van der Waals surface area (Å²) >= 11 is 0. The van der Waals surface area contributed by atoms with Gasteiger partial charge >= 0.3 is 0 Å². The van der Waals surface area contributed by atoms with Gasteiger partial charge in [-0.15, -0.1) is 0 Å². The SMILES string of the molecule is CC1(C)c2ccccc2-c2cc(-c3ccc(N(c4ccc5c(c4)C(C)(C)c4ccccc4-5)c4cccc5oc6ccccc6c45)cc3)ccc21. The first kappa shape index (κ1) is 29.1. The Morgan fingerprint density at radius 2 is 1.00 bits per heavy atom. The van der Waals surface area contributed by atoms with Crippen molar-refractivity contribution in [3.63, 3.8) is 0 Å². The molecule has 8 aromatic rings. The summed E-state index contributed by atoms with van der Waals surface area (Å²) in [7, 11) is 0. The molecule has 2 aliphatic carbocycles. The highest BCUT2D eigenvalue weighted by atomic mass is 16.3. The lowest BCUT2D eigenvalue weighted by Crippen LogP contribution is -2.16. The Morgan fingerprint density at radius 1 is 0.420 bits per heavy atom. The van der Waals surface area contributed by atoms with Gasteiger partial charge in [-0.05, 0) is 104 Å². The molecule has 0 spiro atoms. The van der Waals surface area contributed by atoms with E-state index in [1.807, 2.05) is 6.07 Å². The smallest absolute Gasteiger partial charge is 0.137 e. The molecular weight excluding hydrogens is 607 g/mol. The van der Waals surface area contributed by atoms with Gasteiger partial charge in [-0.2, -0.15) is 0 Å². The first-order chi connectivity index (χ1) is 24.3. The van der Waals surface area contributed by atoms with E-state index in [9.17, 15) is 0 Å². The lowest BCUT2D eigenvalue weighted by molar-refractivity contribution is 0.660. The summed E-state index contributed by atoms with van der Waals surface area (Å²) in [5.74, 6) is 0. The summed E-state index contributed by atoms with van der Waals surface area (Å²) in [4.78, 5) is 2.41. The summed E-state index contributed by atoms with van der Waals surface area (Å²) in [5.41, 5.74) is 18.3. The third-order valence-electron chi connectivity index (χ3n) is 11.5. The average Bonchev–Trinajstić information content (AvgIpc) is 3.72. The second-order valence-corrected chi connectivity index (χ2v) is 15.0. The summed E-state index contributed by atoms with van der Waals surface area (Å²) in [6, 6.07) is 55.6. The second-order valence-electron chi connectivity index (χ2n) is 15.0. The molecule has 0 aliphatic heterocycles. The van der Waals surface area contributed by atoms with Crippen LogP contribution in [-0.2, 0) is 10.8 Å². The quantitative estimate of drug-likeness (QED) is 0.190. The van der Waals surface area contributed by atoms with Crippen molar-refractivity contribution in [3.05, 3.63) is 174 Å². The van der Waals surface area contributed by atoms with Gasteiger partial charge in [-0.1, -0.05) is 131 Å². The molecule has 2 heteroatoms. The minimum absolute atomic E-state index is 0.00111. The highest BCUT2D eigenvalue weighted by Crippen LogP contribution is 2.52. The monoisotopic (exact) mass is 643 g/mol. The van der Waals surface area contributed by atoms with Crippen LogP contribution in [0.25, 0.3) is 55.3 Å². The molecule has 0 amide bonds. The average molecular weight is 644 g/mol. The second kappa shape index (κ2) is 10.3. The minimum Gasteiger partial charge on any atom is -0.456 e. The number of benzene rings is 7. The molecular formula is C48H37NO. The number of rotatable bonds is 4. The lowest BCUT2D eigenvalue weighted by Gasteiger charge is -2.29. The van der Waals surface area contributed by atoms with E-state index in [2.05, 4.69) is 178 Å². The minimum atomic E-state index is -0.105. The molecule has 1 heterocycles. The first-order valence-electron chi connectivity index (χ1n) is 17.6. The van der Waals surface area contributed by atoms with Crippen LogP contribution in [0.4, 0.5) is 17.1 Å². The zero-order valence-electron chi connectivity index (χ0n) is 28.8. The van der Waals surface area contributed by atoms with Gasteiger partial charge in [0.15, 0.2) is 0 Å². The third kappa shape index (κ3) is 4.02. The number of fused-ring (bicyclic) bond motifs is 9. The first-order valence-corrected chi connectivity index (χ1v) is 17.6. The number of nitrogens with zero attached hydrogens (tertiary/aromatic N) is 1. The van der Waals surface area contributed by atoms with E-state index in [0.717, 1.165) is 39.0 Å². The molecule has 2 aliphatic rings. The Balaban J connectivity index is 1.13. The van der Waals surface area contributed by atoms with E-state index in [-0.39, 0.29) is 10.8 Å². The van der Waals surface area contributed by atoms with Crippen molar-refractivity contribution in [1.82, 2.24) is 0 Å². The lowest BCUT2D eigenvalue weighted by atomic mass is 9.82. The van der Waals surface area contributed by atoms with Crippen LogP contribution in [0.15, 0.2) is 156 Å². The van der Waals surface area contributed by atoms with Crippen LogP contribution in [0.3, 0.4) is 0 Å². The van der Waals surface area contributed by atoms with E-state index in [0.29, 0.717) is 0 Å². The molecule has 2 nitrogen and oxygen atoms in total. The summed E-state index contributed by atoms with van der Waals surface area (Å²) in [6.45, 7) is 9.37. The van der Waals surface area contributed by atoms with Crippen molar-refractivity contribution in [1.29, 1.82) is 0 Å². The summed E-state index contributed by atoms with van der Waals surface area (Å²) < 4.78 is 6.39. The molecule has 7 aromatic carbocycles. The molecule has 0 bridgehead atoms. The Kier molecular flexibility index (Phi) is 6.01. The van der Waals surface area contributed by atoms with Gasteiger partial charge in [0.05, 0.1) is 11.1 Å². The normalized spacial score (nSPS) is 14.7. The Bertz CT molecular complexity index is 2650. The molecule has 0 saturated carbocycles. The third-order valence-corrected chi connectivity index (χ3v) is 11.5. The van der Waals surface area contributed by atoms with Crippen molar-refractivity contribution in [2.24, 2.45) is 0 Å². The van der Waals surface area contributed by atoms with Crippen molar-refractivity contribution < 1.29 is 4.42 Å². The molecule has 240 valence electrons. The van der Waals surface area contributed by atoms with Gasteiger partial charge in [-0.3, -0.25) is 0 Å². The Labute approximate surface area is 293 Å². The summed E-state index contributed by atoms with van der Waals surface area (Å²) in [6.07, 6.45) is 0. The number of hydrogen-bond donors (Lipinski definition) is 0. The zero-order chi connectivity index (χ0) is 33.8. The molecule has 10 rings (SSSR count). The Morgan fingerprint density at radius 3 is 1.78 bits per heavy atom. The maximum Gasteiger partial charge on any atom is 0.137 e. The maximum absolute atomic E-state index is 6.39. The molecule has 0 fully saturated rings. The van der Waals surface area contributed by atoms with Gasteiger partial charge in [0.2, 0.25) is 0 Å². The van der Waals surface area contributed by atoms with Crippen LogP contribution in [0.5, 0.6) is 0 Å². The number of para-hydroxylation sites is 1. The maximum atomic E-state index is 6.39. The molecule has 50 heavy (non-hydrogen) atoms. The molecule has 0 radical (unpaired) electrons. The van der Waals surface area contributed by atoms with Crippen LogP contribution in [0.2, 0.25) is 0 Å². The predicted octanol–water partition coefficient (Wildman–Crippen LogP) is 13.3. The van der Waals surface area contributed by atoms with Crippen LogP contribution in [0.1, 0.15) is 49.9 Å². The van der Waals surface area contributed by atoms with E-state index in [4.69, 9.17) is 4.42 Å². The summed E-state index contributed by atoms with van der Waals surface area (Å²) in [5, 5.41) is 2.24. The molecule has 0 unspecified atom stereocenters. The molecule has 0 atom stereocenters. The van der Waals surface area contributed by atoms with Gasteiger partial charge in [0.25, 0.3) is 0 Å². The van der Waals surface area contributed by atoms with E-state index in [1.165, 1.54) is 55.6 Å². The van der Waals surface area contributed by atoms with Crippen molar-refractivity contribution >= 4 is 39.0 Å². The standard InChI is InChI=1S/C48H37NO/c1-47(2)40-16-9-6-13-35(40)38-28-31(22-27-41(38)47)30-20-23-32(24-21-30)49(43-17-11-19-45-46(43)37-14-7-10-18-44(37)50-45)33-25-26-36-34-12-5-8-15-39(34)48(3,4)42(36)29-33/h5-29H,1-4H3. The number of hydrogen-bond acceptors (Lipinski definition) is 2. The zero-order valence-corrected chi connectivity index (χ0v) is 28.8. The van der Waals surface area contributed by atoms with E-state index in [1.54, 1.807) is 0 Å². The van der Waals surface area contributed by atoms with Crippen LogP contribution >= 0.6 is 0 Å². The topological polar surface area (TPSA) is 16.4 Å². The van der Waals surface area contributed by atoms with Crippen LogP contribution < -0.4 is 4.90 Å². The van der Waals surface area contributed by atoms with Gasteiger partial charge < -0.3 is 9.32 Å². The number of furan rings is 1. The van der Waals surface area contributed by atoms with Gasteiger partial charge in [-0.25, -0.2) is 0 Å². The Hall–Kier alpha value is -5.86. The molecule has 0 saturated heterocycles. The number of anilines is 3. The predicted molar refractivity (Wildman–Crippen MR) is 209 cm³/mol. The van der Waals surface area contributed by atoms with Crippen molar-refractivity contribution in [3.8, 4) is 33.4 Å². The van der Waals surface area contributed by atoms with Crippen molar-refractivity contribution in [2.45, 2.75) is 38.5 Å². The van der Waals surface area contributed by atoms with Crippen LogP contribution in [0, 0.1) is 0 Å². The van der Waals surface area contributed by atoms with Gasteiger partial charge in [0.1, 0.15) is 11.2 Å². The highest BCUT2D eigenvalue weighted by molar-refractivity contribution is 6.13. The fourth-order valence-electron chi connectivity index (χ4n) is 8.90. The highest BCUT2D eigenvalue weighted by Gasteiger charge is 2.37. The van der Waals surface area contributed by atoms with Crippen molar-refractivity contribution in [2.75, 3.05) is 4.90 Å². The largest absolute Gasteiger partial charge is 0.456 e. The van der Waals surface area contributed by atoms with Gasteiger partial charge in [0, 0.05) is 27.6 Å². The molecule has 1 aromatic heterocycles.